The second kappa shape index (κ2) is 7.61. The Balaban J connectivity index is 1.73. The fourth-order valence-electron chi connectivity index (χ4n) is 1.75. The topological polar surface area (TPSA) is 91.6 Å². The van der Waals surface area contributed by atoms with Crippen LogP contribution < -0.4 is 10.6 Å². The first kappa shape index (κ1) is 15.3. The van der Waals surface area contributed by atoms with Crippen LogP contribution in [0.25, 0.3) is 0 Å². The molecule has 0 saturated heterocycles. The summed E-state index contributed by atoms with van der Waals surface area (Å²) in [5, 5.41) is 16.4. The van der Waals surface area contributed by atoms with Gasteiger partial charge >= 0.3 is 0 Å². The monoisotopic (exact) mass is 308 g/mol. The Morgan fingerprint density at radius 1 is 1.33 bits per heavy atom. The first-order valence-corrected chi connectivity index (χ1v) is 7.34. The van der Waals surface area contributed by atoms with Crippen molar-refractivity contribution in [1.29, 1.82) is 0 Å². The van der Waals surface area contributed by atoms with E-state index in [-0.39, 0.29) is 31.4 Å². The summed E-state index contributed by atoms with van der Waals surface area (Å²) in [5.74, 6) is 0.0351. The molecule has 0 spiro atoms. The number of thiophene rings is 1. The van der Waals surface area contributed by atoms with Gasteiger partial charge in [0.15, 0.2) is 0 Å². The zero-order chi connectivity index (χ0) is 15.1. The summed E-state index contributed by atoms with van der Waals surface area (Å²) >= 11 is 1.34. The molecular formula is C14H16N2O4S. The molecule has 0 saturated carbocycles. The fourth-order valence-corrected chi connectivity index (χ4v) is 2.39. The van der Waals surface area contributed by atoms with Gasteiger partial charge in [-0.3, -0.25) is 9.59 Å². The lowest BCUT2D eigenvalue weighted by atomic mass is 10.2. The number of amides is 2. The summed E-state index contributed by atoms with van der Waals surface area (Å²) in [6, 6.07) is 6.31. The largest absolute Gasteiger partial charge is 0.467 e. The maximum Gasteiger partial charge on any atom is 0.261 e. The average Bonchev–Trinajstić information content (AvgIpc) is 3.17. The lowest BCUT2D eigenvalue weighted by Gasteiger charge is -2.13. The SMILES string of the molecule is O=C(CCNC(=O)c1cccs1)NC(CO)c1ccco1. The summed E-state index contributed by atoms with van der Waals surface area (Å²) in [4.78, 5) is 24.0. The molecule has 1 atom stereocenters. The van der Waals surface area contributed by atoms with Gasteiger partial charge in [-0.15, -0.1) is 11.3 Å². The molecule has 2 amide bonds. The molecule has 0 radical (unpaired) electrons. The van der Waals surface area contributed by atoms with Gasteiger partial charge in [0.1, 0.15) is 11.8 Å². The predicted octanol–water partition coefficient (Wildman–Crippen LogP) is 1.31. The molecular weight excluding hydrogens is 292 g/mol. The Morgan fingerprint density at radius 2 is 2.19 bits per heavy atom. The molecule has 3 N–H and O–H groups in total. The quantitative estimate of drug-likeness (QED) is 0.719. The third-order valence-corrected chi connectivity index (χ3v) is 3.66. The zero-order valence-corrected chi connectivity index (χ0v) is 12.1. The number of aliphatic hydroxyl groups is 1. The summed E-state index contributed by atoms with van der Waals surface area (Å²) in [6.45, 7) is -0.0142. The highest BCUT2D eigenvalue weighted by molar-refractivity contribution is 7.12. The van der Waals surface area contributed by atoms with Crippen molar-refractivity contribution >= 4 is 23.2 Å². The van der Waals surface area contributed by atoms with Gasteiger partial charge in [0.25, 0.3) is 5.91 Å². The van der Waals surface area contributed by atoms with Crippen molar-refractivity contribution < 1.29 is 19.1 Å². The van der Waals surface area contributed by atoms with E-state index in [1.165, 1.54) is 17.6 Å². The van der Waals surface area contributed by atoms with Crippen molar-refractivity contribution in [3.05, 3.63) is 46.5 Å². The molecule has 6 nitrogen and oxygen atoms in total. The van der Waals surface area contributed by atoms with Gasteiger partial charge in [0.2, 0.25) is 5.91 Å². The number of furan rings is 1. The molecule has 1 unspecified atom stereocenters. The van der Waals surface area contributed by atoms with Crippen LogP contribution in [-0.2, 0) is 4.79 Å². The van der Waals surface area contributed by atoms with Crippen LogP contribution in [0.5, 0.6) is 0 Å². The van der Waals surface area contributed by atoms with Crippen molar-refractivity contribution in [3.8, 4) is 0 Å². The Morgan fingerprint density at radius 3 is 2.81 bits per heavy atom. The third kappa shape index (κ3) is 4.44. The fraction of sp³-hybridized carbons (Fsp3) is 0.286. The normalized spacial score (nSPS) is 11.9. The molecule has 0 bridgehead atoms. The number of carbonyl (C=O) groups is 2. The van der Waals surface area contributed by atoms with Crippen LogP contribution in [0.2, 0.25) is 0 Å². The van der Waals surface area contributed by atoms with Gasteiger partial charge in [-0.05, 0) is 23.6 Å². The number of nitrogens with one attached hydrogen (secondary N) is 2. The van der Waals surface area contributed by atoms with Crippen LogP contribution in [-0.4, -0.2) is 30.1 Å². The van der Waals surface area contributed by atoms with Crippen molar-refractivity contribution in [1.82, 2.24) is 10.6 Å². The maximum atomic E-state index is 11.8. The minimum atomic E-state index is -0.569. The molecule has 2 aromatic rings. The summed E-state index contributed by atoms with van der Waals surface area (Å²) in [7, 11) is 0. The van der Waals surface area contributed by atoms with Crippen molar-refractivity contribution in [3.63, 3.8) is 0 Å². The Hall–Kier alpha value is -2.12. The molecule has 21 heavy (non-hydrogen) atoms. The van der Waals surface area contributed by atoms with Gasteiger partial charge < -0.3 is 20.2 Å². The summed E-state index contributed by atoms with van der Waals surface area (Å²) in [6.07, 6.45) is 1.61. The van der Waals surface area contributed by atoms with Crippen LogP contribution >= 0.6 is 11.3 Å². The number of hydrogen-bond acceptors (Lipinski definition) is 5. The van der Waals surface area contributed by atoms with E-state index in [4.69, 9.17) is 4.42 Å². The maximum absolute atomic E-state index is 11.8. The van der Waals surface area contributed by atoms with E-state index in [1.807, 2.05) is 5.38 Å². The number of rotatable bonds is 7. The van der Waals surface area contributed by atoms with Crippen LogP contribution in [0.15, 0.2) is 40.3 Å². The minimum absolute atomic E-state index is 0.133. The average molecular weight is 308 g/mol. The predicted molar refractivity (Wildman–Crippen MR) is 77.9 cm³/mol. The standard InChI is InChI=1S/C14H16N2O4S/c17-9-10(11-3-1-7-20-11)16-13(18)5-6-15-14(19)12-4-2-8-21-12/h1-4,7-8,10,17H,5-6,9H2,(H,15,19)(H,16,18). The van der Waals surface area contributed by atoms with E-state index in [9.17, 15) is 14.7 Å². The van der Waals surface area contributed by atoms with E-state index in [0.29, 0.717) is 10.6 Å². The van der Waals surface area contributed by atoms with Gasteiger partial charge in [-0.25, -0.2) is 0 Å². The van der Waals surface area contributed by atoms with E-state index >= 15 is 0 Å². The minimum Gasteiger partial charge on any atom is -0.467 e. The Kier molecular flexibility index (Phi) is 5.53. The summed E-state index contributed by atoms with van der Waals surface area (Å²) < 4.78 is 5.14. The molecule has 2 rings (SSSR count). The Bertz CT molecular complexity index is 566. The first-order valence-electron chi connectivity index (χ1n) is 6.46. The van der Waals surface area contributed by atoms with Crippen LogP contribution in [0.4, 0.5) is 0 Å². The highest BCUT2D eigenvalue weighted by atomic mass is 32.1. The lowest BCUT2D eigenvalue weighted by Crippen LogP contribution is -2.34. The second-order valence-corrected chi connectivity index (χ2v) is 5.25. The van der Waals surface area contributed by atoms with E-state index in [0.717, 1.165) is 0 Å². The van der Waals surface area contributed by atoms with Crippen molar-refractivity contribution in [2.75, 3.05) is 13.2 Å². The van der Waals surface area contributed by atoms with E-state index in [1.54, 1.807) is 24.3 Å². The highest BCUT2D eigenvalue weighted by Gasteiger charge is 2.16. The molecule has 0 aliphatic heterocycles. The molecule has 2 aromatic heterocycles. The molecule has 0 aliphatic carbocycles. The van der Waals surface area contributed by atoms with Crippen molar-refractivity contribution in [2.45, 2.75) is 12.5 Å². The summed E-state index contributed by atoms with van der Waals surface area (Å²) in [5.41, 5.74) is 0. The van der Waals surface area contributed by atoms with Gasteiger partial charge in [0, 0.05) is 13.0 Å². The highest BCUT2D eigenvalue weighted by Crippen LogP contribution is 2.12. The number of carbonyl (C=O) groups excluding carboxylic acids is 2. The second-order valence-electron chi connectivity index (χ2n) is 4.30. The van der Waals surface area contributed by atoms with Crippen LogP contribution in [0.3, 0.4) is 0 Å². The lowest BCUT2D eigenvalue weighted by molar-refractivity contribution is -0.122. The third-order valence-electron chi connectivity index (χ3n) is 2.79. The molecule has 0 fully saturated rings. The van der Waals surface area contributed by atoms with Gasteiger partial charge in [0.05, 0.1) is 17.7 Å². The molecule has 112 valence electrons. The van der Waals surface area contributed by atoms with Crippen LogP contribution in [0, 0.1) is 0 Å². The Labute approximate surface area is 125 Å². The molecule has 2 heterocycles. The number of aliphatic hydroxyl groups excluding tert-OH is 1. The number of hydrogen-bond donors (Lipinski definition) is 3. The van der Waals surface area contributed by atoms with E-state index in [2.05, 4.69) is 10.6 Å². The van der Waals surface area contributed by atoms with Gasteiger partial charge in [-0.1, -0.05) is 6.07 Å². The first-order chi connectivity index (χ1) is 10.2. The van der Waals surface area contributed by atoms with E-state index < -0.39 is 6.04 Å². The smallest absolute Gasteiger partial charge is 0.261 e. The molecule has 7 heteroatoms. The van der Waals surface area contributed by atoms with Crippen LogP contribution in [0.1, 0.15) is 27.9 Å². The molecule has 0 aliphatic rings. The van der Waals surface area contributed by atoms with Gasteiger partial charge in [-0.2, -0.15) is 0 Å². The zero-order valence-electron chi connectivity index (χ0n) is 11.2. The molecule has 0 aromatic carbocycles. The van der Waals surface area contributed by atoms with Crippen molar-refractivity contribution in [2.24, 2.45) is 0 Å².